The second-order valence-electron chi connectivity index (χ2n) is 2.64. The molecule has 0 aliphatic heterocycles. The van der Waals surface area contributed by atoms with Crippen LogP contribution in [0.4, 0.5) is 5.82 Å². The summed E-state index contributed by atoms with van der Waals surface area (Å²) in [5.74, 6) is 0.0438. The monoisotopic (exact) mass is 192 g/mol. The molecule has 0 spiro atoms. The zero-order valence-electron chi connectivity index (χ0n) is 7.19. The van der Waals surface area contributed by atoms with Crippen molar-refractivity contribution in [3.63, 3.8) is 0 Å². The predicted molar refractivity (Wildman–Crippen MR) is 49.4 cm³/mol. The van der Waals surface area contributed by atoms with Crippen LogP contribution in [0, 0.1) is 0 Å². The zero-order chi connectivity index (χ0) is 9.97. The molecule has 2 heterocycles. The summed E-state index contributed by atoms with van der Waals surface area (Å²) in [5.41, 5.74) is 6.20. The number of imidazole rings is 1. The number of carbonyl (C=O) groups is 1. The number of nitrogens with two attached hydrogens (primary N) is 1. The molecule has 0 saturated carbocycles. The lowest BCUT2D eigenvalue weighted by Crippen LogP contribution is -2.22. The number of amides is 1. The highest BCUT2D eigenvalue weighted by molar-refractivity contribution is 5.85. The summed E-state index contributed by atoms with van der Waals surface area (Å²) in [4.78, 5) is 25.2. The number of primary amides is 1. The summed E-state index contributed by atoms with van der Waals surface area (Å²) in [6.45, 7) is 0.0268. The summed E-state index contributed by atoms with van der Waals surface area (Å²) in [6.07, 6.45) is 2.89. The van der Waals surface area contributed by atoms with E-state index in [0.29, 0.717) is 17.0 Å². The smallest absolute Gasteiger partial charge is 0.236 e. The second kappa shape index (κ2) is 3.29. The van der Waals surface area contributed by atoms with Gasteiger partial charge in [-0.15, -0.1) is 0 Å². The lowest BCUT2D eigenvalue weighted by Gasteiger charge is -2.01. The maximum absolute atomic E-state index is 10.5. The van der Waals surface area contributed by atoms with Gasteiger partial charge in [-0.3, -0.25) is 4.79 Å². The number of fused-ring (bicyclic) bond motifs is 1. The highest BCUT2D eigenvalue weighted by Gasteiger charge is 2.05. The number of rotatable bonds is 3. The van der Waals surface area contributed by atoms with Crippen molar-refractivity contribution < 1.29 is 4.79 Å². The van der Waals surface area contributed by atoms with Crippen LogP contribution in [-0.2, 0) is 4.79 Å². The van der Waals surface area contributed by atoms with E-state index in [-0.39, 0.29) is 6.54 Å². The summed E-state index contributed by atoms with van der Waals surface area (Å²) in [6, 6.07) is 0. The van der Waals surface area contributed by atoms with Crippen LogP contribution in [0.5, 0.6) is 0 Å². The molecular formula is C7H8N6O. The standard InChI is InChI=1S/C7H8N6O/c8-4(14)1-9-6-5-7(11-2-10-5)13-3-12-6/h2-3H,1H2,(H2,8,14)(H2,9,10,11,12,13). The average Bonchev–Trinajstić information content (AvgIpc) is 2.62. The molecule has 7 nitrogen and oxygen atoms in total. The molecule has 0 unspecified atom stereocenters. The Morgan fingerprint density at radius 1 is 1.50 bits per heavy atom. The second-order valence-corrected chi connectivity index (χ2v) is 2.64. The van der Waals surface area contributed by atoms with E-state index in [2.05, 4.69) is 25.3 Å². The van der Waals surface area contributed by atoms with Crippen LogP contribution in [0.25, 0.3) is 11.2 Å². The fraction of sp³-hybridized carbons (Fsp3) is 0.143. The molecule has 0 saturated heterocycles. The Morgan fingerprint density at radius 2 is 2.36 bits per heavy atom. The summed E-state index contributed by atoms with van der Waals surface area (Å²) in [5, 5.41) is 2.77. The lowest BCUT2D eigenvalue weighted by molar-refractivity contribution is -0.116. The van der Waals surface area contributed by atoms with Gasteiger partial charge in [-0.05, 0) is 0 Å². The molecule has 1 amide bonds. The molecule has 7 heteroatoms. The SMILES string of the molecule is NC(=O)CNc1ncnc2[nH]cnc12. The summed E-state index contributed by atoms with van der Waals surface area (Å²) in [7, 11) is 0. The van der Waals surface area contributed by atoms with Crippen molar-refractivity contribution in [2.24, 2.45) is 5.73 Å². The Labute approximate surface area is 78.8 Å². The fourth-order valence-corrected chi connectivity index (χ4v) is 1.06. The van der Waals surface area contributed by atoms with E-state index in [1.54, 1.807) is 0 Å². The minimum absolute atomic E-state index is 0.0268. The van der Waals surface area contributed by atoms with E-state index >= 15 is 0 Å². The van der Waals surface area contributed by atoms with E-state index < -0.39 is 5.91 Å². The van der Waals surface area contributed by atoms with E-state index in [9.17, 15) is 4.79 Å². The van der Waals surface area contributed by atoms with Gasteiger partial charge in [0.2, 0.25) is 5.91 Å². The third-order valence-electron chi connectivity index (χ3n) is 1.65. The predicted octanol–water partition coefficient (Wildman–Crippen LogP) is -0.750. The number of aromatic amines is 1. The number of anilines is 1. The molecule has 2 aromatic heterocycles. The average molecular weight is 192 g/mol. The van der Waals surface area contributed by atoms with Crippen LogP contribution in [-0.4, -0.2) is 32.4 Å². The lowest BCUT2D eigenvalue weighted by atomic mass is 10.5. The van der Waals surface area contributed by atoms with Gasteiger partial charge < -0.3 is 16.0 Å². The highest BCUT2D eigenvalue weighted by atomic mass is 16.1. The topological polar surface area (TPSA) is 110 Å². The van der Waals surface area contributed by atoms with Gasteiger partial charge in [0, 0.05) is 0 Å². The van der Waals surface area contributed by atoms with Crippen molar-refractivity contribution in [3.05, 3.63) is 12.7 Å². The largest absolute Gasteiger partial charge is 0.368 e. The Bertz CT molecular complexity index is 464. The third-order valence-corrected chi connectivity index (χ3v) is 1.65. The maximum Gasteiger partial charge on any atom is 0.236 e. The summed E-state index contributed by atoms with van der Waals surface area (Å²) < 4.78 is 0. The Balaban J connectivity index is 2.32. The Kier molecular flexibility index (Phi) is 1.98. The molecule has 0 radical (unpaired) electrons. The molecule has 72 valence electrons. The summed E-state index contributed by atoms with van der Waals surface area (Å²) >= 11 is 0. The quantitative estimate of drug-likeness (QED) is 0.592. The first-order valence-corrected chi connectivity index (χ1v) is 3.93. The molecule has 0 bridgehead atoms. The van der Waals surface area contributed by atoms with Crippen molar-refractivity contribution in [1.29, 1.82) is 0 Å². The number of carbonyl (C=O) groups excluding carboxylic acids is 1. The first kappa shape index (κ1) is 8.42. The van der Waals surface area contributed by atoms with Gasteiger partial charge in [0.25, 0.3) is 0 Å². The Morgan fingerprint density at radius 3 is 3.14 bits per heavy atom. The van der Waals surface area contributed by atoms with E-state index in [0.717, 1.165) is 0 Å². The molecule has 0 fully saturated rings. The van der Waals surface area contributed by atoms with Gasteiger partial charge in [-0.1, -0.05) is 0 Å². The van der Waals surface area contributed by atoms with E-state index in [1.807, 2.05) is 0 Å². The van der Waals surface area contributed by atoms with Gasteiger partial charge in [-0.25, -0.2) is 15.0 Å². The van der Waals surface area contributed by atoms with Crippen molar-refractivity contribution in [2.45, 2.75) is 0 Å². The van der Waals surface area contributed by atoms with Gasteiger partial charge in [0.05, 0.1) is 12.9 Å². The van der Waals surface area contributed by atoms with Gasteiger partial charge in [0.15, 0.2) is 11.5 Å². The van der Waals surface area contributed by atoms with Crippen molar-refractivity contribution >= 4 is 22.9 Å². The van der Waals surface area contributed by atoms with Crippen LogP contribution in [0.15, 0.2) is 12.7 Å². The highest BCUT2D eigenvalue weighted by Crippen LogP contribution is 2.13. The van der Waals surface area contributed by atoms with Crippen molar-refractivity contribution in [1.82, 2.24) is 19.9 Å². The number of nitrogens with one attached hydrogen (secondary N) is 2. The number of aromatic nitrogens is 4. The molecule has 4 N–H and O–H groups in total. The third kappa shape index (κ3) is 1.47. The first-order valence-electron chi connectivity index (χ1n) is 3.93. The molecule has 2 aromatic rings. The van der Waals surface area contributed by atoms with Crippen molar-refractivity contribution in [3.8, 4) is 0 Å². The van der Waals surface area contributed by atoms with Crippen molar-refractivity contribution in [2.75, 3.05) is 11.9 Å². The molecular weight excluding hydrogens is 184 g/mol. The zero-order valence-corrected chi connectivity index (χ0v) is 7.19. The molecule has 14 heavy (non-hydrogen) atoms. The number of H-pyrrole nitrogens is 1. The molecule has 0 aromatic carbocycles. The minimum Gasteiger partial charge on any atom is -0.368 e. The van der Waals surface area contributed by atoms with E-state index in [4.69, 9.17) is 5.73 Å². The fourth-order valence-electron chi connectivity index (χ4n) is 1.06. The molecule has 0 atom stereocenters. The number of nitrogens with zero attached hydrogens (tertiary/aromatic N) is 3. The Hall–Kier alpha value is -2.18. The maximum atomic E-state index is 10.5. The van der Waals surface area contributed by atoms with Crippen LogP contribution in [0.2, 0.25) is 0 Å². The van der Waals surface area contributed by atoms with Crippen LogP contribution >= 0.6 is 0 Å². The molecule has 0 aliphatic rings. The normalized spacial score (nSPS) is 10.3. The van der Waals surface area contributed by atoms with Crippen LogP contribution < -0.4 is 11.1 Å². The minimum atomic E-state index is -0.452. The van der Waals surface area contributed by atoms with Crippen LogP contribution in [0.3, 0.4) is 0 Å². The van der Waals surface area contributed by atoms with E-state index in [1.165, 1.54) is 12.7 Å². The van der Waals surface area contributed by atoms with Gasteiger partial charge in [0.1, 0.15) is 11.8 Å². The van der Waals surface area contributed by atoms with Gasteiger partial charge >= 0.3 is 0 Å². The molecule has 2 rings (SSSR count). The van der Waals surface area contributed by atoms with Crippen LogP contribution in [0.1, 0.15) is 0 Å². The first-order chi connectivity index (χ1) is 6.77. The number of hydrogen-bond donors (Lipinski definition) is 3. The molecule has 0 aliphatic carbocycles. The number of hydrogen-bond acceptors (Lipinski definition) is 5. The van der Waals surface area contributed by atoms with Gasteiger partial charge in [-0.2, -0.15) is 0 Å².